The molecule has 1 aromatic rings. The molecule has 0 unspecified atom stereocenters. The van der Waals surface area contributed by atoms with Crippen molar-refractivity contribution in [1.82, 2.24) is 4.90 Å². The topological polar surface area (TPSA) is 61.5 Å². The van der Waals surface area contributed by atoms with E-state index < -0.39 is 0 Å². The zero-order chi connectivity index (χ0) is 13.1. The van der Waals surface area contributed by atoms with Crippen molar-refractivity contribution < 1.29 is 19.3 Å². The van der Waals surface area contributed by atoms with Crippen molar-refractivity contribution in [2.45, 2.75) is 32.7 Å². The minimum atomic E-state index is -0.0898. The average molecular weight is 269 g/mol. The van der Waals surface area contributed by atoms with E-state index in [4.69, 9.17) is 5.11 Å². The van der Waals surface area contributed by atoms with Gasteiger partial charge >= 0.3 is 0 Å². The van der Waals surface area contributed by atoms with Gasteiger partial charge in [-0.3, -0.25) is 14.5 Å². The van der Waals surface area contributed by atoms with Crippen LogP contribution in [-0.4, -0.2) is 35.0 Å². The molecule has 0 aliphatic carbocycles. The fourth-order valence-corrected chi connectivity index (χ4v) is 2.96. The molecule has 0 spiro atoms. The zero-order valence-corrected chi connectivity index (χ0v) is 11.2. The Labute approximate surface area is 110 Å². The standard InChI is InChI=1S/C12H17N2O3S/c1-9-10(4-7-15)18-8-13(9)5-2-11(16)14-6-3-12(14)17/h8,15H,2-7H2,1H3/q+1. The minimum Gasteiger partial charge on any atom is -0.396 e. The molecule has 2 heterocycles. The Kier molecular flexibility index (Phi) is 4.08. The third kappa shape index (κ3) is 2.59. The Hall–Kier alpha value is -1.27. The van der Waals surface area contributed by atoms with Gasteiger partial charge < -0.3 is 5.11 Å². The van der Waals surface area contributed by atoms with Crippen molar-refractivity contribution in [3.8, 4) is 0 Å². The lowest BCUT2D eigenvalue weighted by molar-refractivity contribution is -0.697. The van der Waals surface area contributed by atoms with Crippen molar-refractivity contribution in [2.75, 3.05) is 13.2 Å². The molecule has 1 N–H and O–H groups in total. The molecule has 1 aromatic heterocycles. The van der Waals surface area contributed by atoms with E-state index in [-0.39, 0.29) is 18.4 Å². The number of aliphatic hydroxyl groups is 1. The predicted molar refractivity (Wildman–Crippen MR) is 66.0 cm³/mol. The fraction of sp³-hybridized carbons (Fsp3) is 0.583. The number of β-lactam (4-membered cyclic amide) rings is 1. The number of hydrogen-bond donors (Lipinski definition) is 1. The van der Waals surface area contributed by atoms with Crippen LogP contribution in [0.15, 0.2) is 5.51 Å². The van der Waals surface area contributed by atoms with Crippen molar-refractivity contribution in [3.63, 3.8) is 0 Å². The lowest BCUT2D eigenvalue weighted by Gasteiger charge is -2.27. The summed E-state index contributed by atoms with van der Waals surface area (Å²) in [6.45, 7) is 3.29. The molecular weight excluding hydrogens is 252 g/mol. The number of aromatic nitrogens is 1. The van der Waals surface area contributed by atoms with Crippen LogP contribution in [0.3, 0.4) is 0 Å². The number of nitrogens with zero attached hydrogens (tertiary/aromatic N) is 2. The van der Waals surface area contributed by atoms with Crippen LogP contribution < -0.4 is 4.57 Å². The van der Waals surface area contributed by atoms with Gasteiger partial charge in [-0.25, -0.2) is 0 Å². The second-order valence-electron chi connectivity index (χ2n) is 4.34. The highest BCUT2D eigenvalue weighted by Gasteiger charge is 2.30. The van der Waals surface area contributed by atoms with Gasteiger partial charge in [0, 0.05) is 32.9 Å². The first kappa shape index (κ1) is 13.2. The van der Waals surface area contributed by atoms with Crippen LogP contribution in [-0.2, 0) is 22.6 Å². The van der Waals surface area contributed by atoms with Gasteiger partial charge in [-0.15, -0.1) is 0 Å². The summed E-state index contributed by atoms with van der Waals surface area (Å²) < 4.78 is 2.01. The second kappa shape index (κ2) is 5.58. The molecule has 98 valence electrons. The molecule has 1 aliphatic rings. The summed E-state index contributed by atoms with van der Waals surface area (Å²) in [5.74, 6) is -0.152. The maximum absolute atomic E-state index is 11.7. The number of hydrogen-bond acceptors (Lipinski definition) is 4. The number of imide groups is 1. The molecule has 1 aliphatic heterocycles. The molecular formula is C12H17N2O3S+. The third-order valence-electron chi connectivity index (χ3n) is 3.21. The number of aryl methyl sites for hydroxylation is 1. The molecule has 18 heavy (non-hydrogen) atoms. The van der Waals surface area contributed by atoms with E-state index in [0.717, 1.165) is 10.6 Å². The van der Waals surface area contributed by atoms with E-state index in [1.54, 1.807) is 11.3 Å². The number of likely N-dealkylation sites (tertiary alicyclic amines) is 1. The quantitative estimate of drug-likeness (QED) is 0.606. The molecule has 0 aromatic carbocycles. The summed E-state index contributed by atoms with van der Waals surface area (Å²) in [6.07, 6.45) is 1.51. The first-order chi connectivity index (χ1) is 8.63. The first-order valence-electron chi connectivity index (χ1n) is 6.04. The highest BCUT2D eigenvalue weighted by molar-refractivity contribution is 7.09. The van der Waals surface area contributed by atoms with E-state index in [1.165, 1.54) is 4.90 Å². The number of carbonyl (C=O) groups is 2. The van der Waals surface area contributed by atoms with Crippen LogP contribution >= 0.6 is 11.3 Å². The number of aliphatic hydroxyl groups excluding tert-OH is 1. The molecule has 0 radical (unpaired) electrons. The Bertz CT molecular complexity index is 470. The maximum atomic E-state index is 11.7. The molecule has 0 bridgehead atoms. The summed E-state index contributed by atoms with van der Waals surface area (Å²) in [4.78, 5) is 25.3. The highest BCUT2D eigenvalue weighted by Crippen LogP contribution is 2.13. The van der Waals surface area contributed by atoms with Crippen molar-refractivity contribution in [2.24, 2.45) is 0 Å². The number of rotatable bonds is 5. The minimum absolute atomic E-state index is 0.0620. The molecule has 1 fully saturated rings. The number of amides is 2. The SMILES string of the molecule is Cc1c(CCO)sc[n+]1CCC(=O)N1CCC1=O. The van der Waals surface area contributed by atoms with Gasteiger partial charge in [0.25, 0.3) is 0 Å². The Morgan fingerprint density at radius 1 is 1.61 bits per heavy atom. The van der Waals surface area contributed by atoms with Crippen LogP contribution in [0.4, 0.5) is 0 Å². The van der Waals surface area contributed by atoms with E-state index in [2.05, 4.69) is 0 Å². The smallest absolute Gasteiger partial charge is 0.235 e. The lowest BCUT2D eigenvalue weighted by Crippen LogP contribution is -2.48. The van der Waals surface area contributed by atoms with Crippen molar-refractivity contribution in [3.05, 3.63) is 16.1 Å². The number of carbonyl (C=O) groups excluding carboxylic acids is 2. The zero-order valence-electron chi connectivity index (χ0n) is 10.4. The molecule has 0 saturated carbocycles. The van der Waals surface area contributed by atoms with Gasteiger partial charge in [0.1, 0.15) is 0 Å². The average Bonchev–Trinajstić information content (AvgIpc) is 2.67. The van der Waals surface area contributed by atoms with Gasteiger partial charge in [-0.05, 0) is 0 Å². The van der Waals surface area contributed by atoms with Crippen LogP contribution in [0.1, 0.15) is 23.4 Å². The monoisotopic (exact) mass is 269 g/mol. The Morgan fingerprint density at radius 3 is 2.94 bits per heavy atom. The molecule has 2 amide bonds. The first-order valence-corrected chi connectivity index (χ1v) is 6.92. The normalized spacial score (nSPS) is 14.8. The second-order valence-corrected chi connectivity index (χ2v) is 5.28. The molecule has 6 heteroatoms. The van der Waals surface area contributed by atoms with Crippen LogP contribution in [0.25, 0.3) is 0 Å². The van der Waals surface area contributed by atoms with Crippen LogP contribution in [0.2, 0.25) is 0 Å². The summed E-state index contributed by atoms with van der Waals surface area (Å²) in [6, 6.07) is 0. The Balaban J connectivity index is 1.90. The van der Waals surface area contributed by atoms with E-state index in [1.807, 2.05) is 17.0 Å². The maximum Gasteiger partial charge on any atom is 0.235 e. The number of thiazole rings is 1. The van der Waals surface area contributed by atoms with E-state index >= 15 is 0 Å². The summed E-state index contributed by atoms with van der Waals surface area (Å²) in [5, 5.41) is 8.91. The van der Waals surface area contributed by atoms with Gasteiger partial charge in [-0.2, -0.15) is 4.57 Å². The van der Waals surface area contributed by atoms with Gasteiger partial charge in [0.15, 0.2) is 12.2 Å². The molecule has 2 rings (SSSR count). The molecule has 0 atom stereocenters. The molecule has 5 nitrogen and oxygen atoms in total. The van der Waals surface area contributed by atoms with E-state index in [0.29, 0.717) is 32.4 Å². The van der Waals surface area contributed by atoms with Gasteiger partial charge in [0.2, 0.25) is 17.3 Å². The lowest BCUT2D eigenvalue weighted by atomic mass is 10.2. The van der Waals surface area contributed by atoms with Gasteiger partial charge in [-0.1, -0.05) is 11.3 Å². The summed E-state index contributed by atoms with van der Waals surface area (Å²) in [5.41, 5.74) is 3.06. The van der Waals surface area contributed by atoms with E-state index in [9.17, 15) is 9.59 Å². The van der Waals surface area contributed by atoms with Crippen molar-refractivity contribution in [1.29, 1.82) is 0 Å². The fourth-order valence-electron chi connectivity index (χ4n) is 1.94. The Morgan fingerprint density at radius 2 is 2.39 bits per heavy atom. The van der Waals surface area contributed by atoms with Gasteiger partial charge in [0.05, 0.1) is 11.3 Å². The molecule has 1 saturated heterocycles. The summed E-state index contributed by atoms with van der Waals surface area (Å²) >= 11 is 1.59. The largest absolute Gasteiger partial charge is 0.396 e. The van der Waals surface area contributed by atoms with Crippen LogP contribution in [0.5, 0.6) is 0 Å². The van der Waals surface area contributed by atoms with Crippen LogP contribution in [0, 0.1) is 6.92 Å². The third-order valence-corrected chi connectivity index (χ3v) is 4.36. The predicted octanol–water partition coefficient (Wildman–Crippen LogP) is 0.0278. The highest BCUT2D eigenvalue weighted by atomic mass is 32.1. The van der Waals surface area contributed by atoms with Crippen molar-refractivity contribution >= 4 is 23.2 Å². The summed E-state index contributed by atoms with van der Waals surface area (Å²) in [7, 11) is 0.